The Kier molecular flexibility index (Phi) is 6.85. The van der Waals surface area contributed by atoms with Crippen molar-refractivity contribution >= 4 is 57.8 Å². The third kappa shape index (κ3) is 5.28. The summed E-state index contributed by atoms with van der Waals surface area (Å²) in [6, 6.07) is 11.5. The molecule has 2 aromatic rings. The van der Waals surface area contributed by atoms with Crippen LogP contribution in [0.1, 0.15) is 22.8 Å². The number of nitro groups is 1. The lowest BCUT2D eigenvalue weighted by Crippen LogP contribution is -2.44. The molecule has 1 aliphatic heterocycles. The van der Waals surface area contributed by atoms with Gasteiger partial charge in [0.1, 0.15) is 5.75 Å². The maximum Gasteiger partial charge on any atom is 0.344 e. The summed E-state index contributed by atoms with van der Waals surface area (Å²) in [6.45, 7) is 1.41. The molecule has 1 atom stereocenters. The average Bonchev–Trinajstić information content (AvgIpc) is 3.02. The van der Waals surface area contributed by atoms with Gasteiger partial charge in [-0.05, 0) is 49.0 Å². The van der Waals surface area contributed by atoms with Crippen LogP contribution < -0.4 is 10.2 Å². The number of benzene rings is 2. The fourth-order valence-electron chi connectivity index (χ4n) is 2.54. The molecule has 1 aliphatic rings. The van der Waals surface area contributed by atoms with Crippen LogP contribution >= 0.6 is 24.0 Å². The second-order valence-corrected chi connectivity index (χ2v) is 8.11. The number of ether oxygens (including phenoxy) is 1. The first kappa shape index (κ1) is 22.9. The molecule has 164 valence electrons. The standard InChI is InChI=1S/C20H15N3O7S2/c1-11(19(26)27)30-15-7-5-12(6-8-15)9-16-18(25)22(20(31)32-16)21-17(24)13-3-2-4-14(10-13)23(28)29/h2-11H,1H3,(H,21,24)(H,26,27)/b16-9+. The number of amides is 2. The minimum absolute atomic E-state index is 0.00316. The summed E-state index contributed by atoms with van der Waals surface area (Å²) < 4.78 is 5.35. The number of carboxylic acids is 1. The number of thioether (sulfide) groups is 1. The van der Waals surface area contributed by atoms with Gasteiger partial charge in [0.25, 0.3) is 17.5 Å². The van der Waals surface area contributed by atoms with Crippen LogP contribution in [0.15, 0.2) is 53.4 Å². The van der Waals surface area contributed by atoms with Gasteiger partial charge in [0.2, 0.25) is 0 Å². The monoisotopic (exact) mass is 473 g/mol. The molecule has 0 radical (unpaired) electrons. The molecule has 10 nitrogen and oxygen atoms in total. The lowest BCUT2D eigenvalue weighted by molar-refractivity contribution is -0.384. The molecule has 0 saturated carbocycles. The second kappa shape index (κ2) is 9.58. The lowest BCUT2D eigenvalue weighted by atomic mass is 10.2. The molecule has 0 spiro atoms. The van der Waals surface area contributed by atoms with Crippen LogP contribution in [0.5, 0.6) is 5.75 Å². The van der Waals surface area contributed by atoms with Crippen LogP contribution in [0.3, 0.4) is 0 Å². The normalized spacial score (nSPS) is 15.5. The fourth-order valence-corrected chi connectivity index (χ4v) is 3.72. The molecule has 1 unspecified atom stereocenters. The third-order valence-electron chi connectivity index (χ3n) is 4.16. The number of carbonyl (C=O) groups excluding carboxylic acids is 2. The summed E-state index contributed by atoms with van der Waals surface area (Å²) in [5, 5.41) is 20.7. The first-order valence-corrected chi connectivity index (χ1v) is 10.2. The number of aliphatic carboxylic acids is 1. The zero-order valence-corrected chi connectivity index (χ0v) is 18.0. The fraction of sp³-hybridized carbons (Fsp3) is 0.100. The number of rotatable bonds is 7. The molecular weight excluding hydrogens is 458 g/mol. The molecule has 1 heterocycles. The molecule has 2 N–H and O–H groups in total. The van der Waals surface area contributed by atoms with Crippen LogP contribution in [-0.2, 0) is 9.59 Å². The number of carboxylic acid groups (broad SMARTS) is 1. The SMILES string of the molecule is CC(Oc1ccc(/C=C2/SC(=S)N(NC(=O)c3cccc([N+](=O)[O-])c3)C2=O)cc1)C(=O)O. The van der Waals surface area contributed by atoms with E-state index in [0.29, 0.717) is 11.3 Å². The summed E-state index contributed by atoms with van der Waals surface area (Å²) in [5.41, 5.74) is 2.74. The number of hydrogen-bond donors (Lipinski definition) is 2. The van der Waals surface area contributed by atoms with Crippen molar-refractivity contribution < 1.29 is 29.2 Å². The van der Waals surface area contributed by atoms with Gasteiger partial charge >= 0.3 is 5.97 Å². The van der Waals surface area contributed by atoms with E-state index in [2.05, 4.69) is 5.43 Å². The maximum absolute atomic E-state index is 12.7. The van der Waals surface area contributed by atoms with Crippen LogP contribution in [-0.4, -0.2) is 43.2 Å². The maximum atomic E-state index is 12.7. The van der Waals surface area contributed by atoms with Crippen LogP contribution in [0.2, 0.25) is 0 Å². The quantitative estimate of drug-likeness (QED) is 0.269. The van der Waals surface area contributed by atoms with Gasteiger partial charge in [-0.3, -0.25) is 25.1 Å². The van der Waals surface area contributed by atoms with Crippen LogP contribution in [0.4, 0.5) is 5.69 Å². The van der Waals surface area contributed by atoms with E-state index in [1.165, 1.54) is 25.1 Å². The predicted molar refractivity (Wildman–Crippen MR) is 120 cm³/mol. The van der Waals surface area contributed by atoms with Crippen molar-refractivity contribution in [1.29, 1.82) is 0 Å². The van der Waals surface area contributed by atoms with E-state index < -0.39 is 28.8 Å². The van der Waals surface area contributed by atoms with Crippen LogP contribution in [0, 0.1) is 10.1 Å². The Morgan fingerprint density at radius 2 is 1.97 bits per heavy atom. The summed E-state index contributed by atoms with van der Waals surface area (Å²) in [5.74, 6) is -2.02. The van der Waals surface area contributed by atoms with E-state index in [1.807, 2.05) is 0 Å². The minimum atomic E-state index is -1.09. The lowest BCUT2D eigenvalue weighted by Gasteiger charge is -2.15. The van der Waals surface area contributed by atoms with Crippen molar-refractivity contribution in [3.8, 4) is 5.75 Å². The van der Waals surface area contributed by atoms with E-state index in [4.69, 9.17) is 22.1 Å². The van der Waals surface area contributed by atoms with E-state index in [1.54, 1.807) is 30.3 Å². The second-order valence-electron chi connectivity index (χ2n) is 6.43. The van der Waals surface area contributed by atoms with Gasteiger partial charge in [-0.1, -0.05) is 30.0 Å². The van der Waals surface area contributed by atoms with Crippen molar-refractivity contribution in [2.45, 2.75) is 13.0 Å². The molecule has 0 aliphatic carbocycles. The number of nitro benzene ring substituents is 1. The molecule has 2 amide bonds. The number of non-ortho nitro benzene ring substituents is 1. The summed E-state index contributed by atoms with van der Waals surface area (Å²) in [4.78, 5) is 46.5. The van der Waals surface area contributed by atoms with Crippen molar-refractivity contribution in [1.82, 2.24) is 10.4 Å². The Bertz CT molecular complexity index is 1150. The first-order chi connectivity index (χ1) is 15.2. The Labute approximate surface area is 191 Å². The van der Waals surface area contributed by atoms with Gasteiger partial charge in [0.15, 0.2) is 10.4 Å². The highest BCUT2D eigenvalue weighted by Gasteiger charge is 2.34. The van der Waals surface area contributed by atoms with Gasteiger partial charge in [-0.25, -0.2) is 4.79 Å². The molecule has 0 bridgehead atoms. The summed E-state index contributed by atoms with van der Waals surface area (Å²) in [7, 11) is 0. The Morgan fingerprint density at radius 1 is 1.28 bits per heavy atom. The molecule has 3 rings (SSSR count). The predicted octanol–water partition coefficient (Wildman–Crippen LogP) is 2.99. The van der Waals surface area contributed by atoms with E-state index in [9.17, 15) is 24.5 Å². The number of nitrogens with zero attached hydrogens (tertiary/aromatic N) is 2. The number of hydrogen-bond acceptors (Lipinski definition) is 8. The Morgan fingerprint density at radius 3 is 2.59 bits per heavy atom. The van der Waals surface area contributed by atoms with Crippen molar-refractivity contribution in [3.63, 3.8) is 0 Å². The van der Waals surface area contributed by atoms with Gasteiger partial charge in [-0.2, -0.15) is 5.01 Å². The molecular formula is C20H15N3O7S2. The van der Waals surface area contributed by atoms with E-state index in [0.717, 1.165) is 22.8 Å². The van der Waals surface area contributed by atoms with E-state index in [-0.39, 0.29) is 20.5 Å². The largest absolute Gasteiger partial charge is 0.479 e. The Balaban J connectivity index is 1.71. The van der Waals surface area contributed by atoms with Crippen molar-refractivity contribution in [2.75, 3.05) is 0 Å². The highest BCUT2D eigenvalue weighted by Crippen LogP contribution is 2.32. The van der Waals surface area contributed by atoms with Gasteiger partial charge in [0.05, 0.1) is 9.83 Å². The zero-order chi connectivity index (χ0) is 23.4. The molecule has 32 heavy (non-hydrogen) atoms. The molecule has 2 aromatic carbocycles. The minimum Gasteiger partial charge on any atom is -0.479 e. The van der Waals surface area contributed by atoms with Gasteiger partial charge < -0.3 is 9.84 Å². The number of carbonyl (C=O) groups is 3. The third-order valence-corrected chi connectivity index (χ3v) is 5.47. The molecule has 12 heteroatoms. The number of nitrogens with one attached hydrogen (secondary N) is 1. The average molecular weight is 473 g/mol. The Hall–Kier alpha value is -3.77. The first-order valence-electron chi connectivity index (χ1n) is 8.98. The van der Waals surface area contributed by atoms with E-state index >= 15 is 0 Å². The molecule has 1 saturated heterocycles. The molecule has 1 fully saturated rings. The van der Waals surface area contributed by atoms with Crippen molar-refractivity contribution in [2.24, 2.45) is 0 Å². The summed E-state index contributed by atoms with van der Waals surface area (Å²) >= 11 is 6.15. The number of hydrazine groups is 1. The smallest absolute Gasteiger partial charge is 0.344 e. The topological polar surface area (TPSA) is 139 Å². The van der Waals surface area contributed by atoms with Gasteiger partial charge in [0, 0.05) is 17.7 Å². The van der Waals surface area contributed by atoms with Gasteiger partial charge in [-0.15, -0.1) is 0 Å². The van der Waals surface area contributed by atoms with Crippen LogP contribution in [0.25, 0.3) is 6.08 Å². The highest BCUT2D eigenvalue weighted by atomic mass is 32.2. The highest BCUT2D eigenvalue weighted by molar-refractivity contribution is 8.26. The van der Waals surface area contributed by atoms with Crippen molar-refractivity contribution in [3.05, 3.63) is 74.7 Å². The summed E-state index contributed by atoms with van der Waals surface area (Å²) in [6.07, 6.45) is 0.551. The number of thiocarbonyl (C=S) groups is 1. The zero-order valence-electron chi connectivity index (χ0n) is 16.4. The molecule has 0 aromatic heterocycles.